The highest BCUT2D eigenvalue weighted by molar-refractivity contribution is 6.18. The van der Waals surface area contributed by atoms with Gasteiger partial charge < -0.3 is 18.6 Å². The van der Waals surface area contributed by atoms with Crippen LogP contribution in [0.25, 0.3) is 17.4 Å². The van der Waals surface area contributed by atoms with Gasteiger partial charge in [0.05, 0.1) is 10.5 Å². The van der Waals surface area contributed by atoms with Crippen LogP contribution in [-0.2, 0) is 25.7 Å². The van der Waals surface area contributed by atoms with Crippen LogP contribution in [0.4, 0.5) is 5.69 Å². The zero-order valence-corrected chi connectivity index (χ0v) is 17.8. The van der Waals surface area contributed by atoms with E-state index < -0.39 is 22.6 Å². The monoisotopic (exact) mass is 449 g/mol. The standard InChI is InChI=1S/C24H19NO8/c1-24(2)32-22(26)19(23(27)33-24)13-17-9-11-21(31-17)18-12-16(25(28)29)8-10-20(18)30-14-15-6-4-3-5-7-15/h3-13H,14H2,1-2H3. The summed E-state index contributed by atoms with van der Waals surface area (Å²) in [6, 6.07) is 16.7. The fourth-order valence-corrected chi connectivity index (χ4v) is 3.18. The number of hydrogen-bond acceptors (Lipinski definition) is 8. The van der Waals surface area contributed by atoms with Crippen LogP contribution in [0.3, 0.4) is 0 Å². The lowest BCUT2D eigenvalue weighted by Gasteiger charge is -2.29. The predicted octanol–water partition coefficient (Wildman–Crippen LogP) is 4.65. The Morgan fingerprint density at radius 2 is 1.70 bits per heavy atom. The van der Waals surface area contributed by atoms with Crippen molar-refractivity contribution in [2.75, 3.05) is 0 Å². The number of carbonyl (C=O) groups is 2. The predicted molar refractivity (Wildman–Crippen MR) is 116 cm³/mol. The lowest BCUT2D eigenvalue weighted by Crippen LogP contribution is -2.41. The summed E-state index contributed by atoms with van der Waals surface area (Å²) in [5.74, 6) is -2.24. The molecule has 168 valence electrons. The van der Waals surface area contributed by atoms with Gasteiger partial charge in [0.25, 0.3) is 11.5 Å². The summed E-state index contributed by atoms with van der Waals surface area (Å²) in [6.07, 6.45) is 1.20. The summed E-state index contributed by atoms with van der Waals surface area (Å²) >= 11 is 0. The van der Waals surface area contributed by atoms with E-state index in [1.807, 2.05) is 30.3 Å². The number of esters is 2. The van der Waals surface area contributed by atoms with Crippen molar-refractivity contribution in [1.29, 1.82) is 0 Å². The van der Waals surface area contributed by atoms with Crippen molar-refractivity contribution in [3.8, 4) is 17.1 Å². The first-order valence-corrected chi connectivity index (χ1v) is 9.95. The topological polar surface area (TPSA) is 118 Å². The van der Waals surface area contributed by atoms with E-state index >= 15 is 0 Å². The van der Waals surface area contributed by atoms with Crippen molar-refractivity contribution >= 4 is 23.7 Å². The van der Waals surface area contributed by atoms with Crippen LogP contribution in [0, 0.1) is 10.1 Å². The molecule has 0 aliphatic carbocycles. The van der Waals surface area contributed by atoms with E-state index in [1.165, 1.54) is 44.2 Å². The number of furan rings is 1. The molecule has 0 radical (unpaired) electrons. The first-order valence-electron chi connectivity index (χ1n) is 9.95. The first kappa shape index (κ1) is 21.8. The van der Waals surface area contributed by atoms with Gasteiger partial charge in [0, 0.05) is 32.1 Å². The number of benzene rings is 2. The second-order valence-electron chi connectivity index (χ2n) is 7.65. The number of carbonyl (C=O) groups excluding carboxylic acids is 2. The van der Waals surface area contributed by atoms with Crippen LogP contribution >= 0.6 is 0 Å². The van der Waals surface area contributed by atoms with E-state index in [0.29, 0.717) is 11.3 Å². The molecule has 2 aromatic carbocycles. The van der Waals surface area contributed by atoms with Gasteiger partial charge in [-0.2, -0.15) is 0 Å². The summed E-state index contributed by atoms with van der Waals surface area (Å²) in [4.78, 5) is 35.1. The van der Waals surface area contributed by atoms with Crippen LogP contribution < -0.4 is 4.74 Å². The number of ether oxygens (including phenoxy) is 3. The van der Waals surface area contributed by atoms with Crippen molar-refractivity contribution in [2.24, 2.45) is 0 Å². The highest BCUT2D eigenvalue weighted by atomic mass is 16.7. The molecule has 1 aliphatic rings. The van der Waals surface area contributed by atoms with Gasteiger partial charge in [0.15, 0.2) is 0 Å². The second kappa shape index (κ2) is 8.62. The van der Waals surface area contributed by atoms with Crippen LogP contribution in [0.5, 0.6) is 5.75 Å². The highest BCUT2D eigenvalue weighted by Crippen LogP contribution is 2.36. The molecule has 1 aliphatic heterocycles. The molecule has 4 rings (SSSR count). The maximum Gasteiger partial charge on any atom is 0.348 e. The Hall–Kier alpha value is -4.40. The lowest BCUT2D eigenvalue weighted by molar-refractivity contribution is -0.384. The normalized spacial score (nSPS) is 14.9. The maximum atomic E-state index is 12.2. The molecule has 0 amide bonds. The highest BCUT2D eigenvalue weighted by Gasteiger charge is 2.39. The van der Waals surface area contributed by atoms with Gasteiger partial charge in [-0.05, 0) is 23.8 Å². The minimum Gasteiger partial charge on any atom is -0.488 e. The summed E-state index contributed by atoms with van der Waals surface area (Å²) in [6.45, 7) is 3.14. The van der Waals surface area contributed by atoms with Crippen LogP contribution in [0.15, 0.2) is 70.7 Å². The number of nitro benzene ring substituents is 1. The van der Waals surface area contributed by atoms with E-state index in [4.69, 9.17) is 18.6 Å². The zero-order chi connectivity index (χ0) is 23.6. The number of cyclic esters (lactones) is 2. The second-order valence-corrected chi connectivity index (χ2v) is 7.65. The average molecular weight is 449 g/mol. The van der Waals surface area contributed by atoms with Crippen molar-refractivity contribution < 1.29 is 33.1 Å². The average Bonchev–Trinajstić information content (AvgIpc) is 3.23. The van der Waals surface area contributed by atoms with E-state index in [1.54, 1.807) is 6.07 Å². The van der Waals surface area contributed by atoms with Gasteiger partial charge in [-0.15, -0.1) is 0 Å². The van der Waals surface area contributed by atoms with Crippen molar-refractivity contribution in [3.05, 3.63) is 87.7 Å². The Labute approximate surface area is 188 Å². The third-order valence-corrected chi connectivity index (χ3v) is 4.71. The molecule has 2 heterocycles. The third-order valence-electron chi connectivity index (χ3n) is 4.71. The van der Waals surface area contributed by atoms with Gasteiger partial charge in [-0.1, -0.05) is 30.3 Å². The van der Waals surface area contributed by atoms with Crippen LogP contribution in [0.1, 0.15) is 25.2 Å². The molecule has 1 fully saturated rings. The fourth-order valence-electron chi connectivity index (χ4n) is 3.18. The van der Waals surface area contributed by atoms with E-state index in [-0.39, 0.29) is 29.4 Å². The molecule has 0 atom stereocenters. The van der Waals surface area contributed by atoms with Gasteiger partial charge in [-0.25, -0.2) is 9.59 Å². The Kier molecular flexibility index (Phi) is 5.70. The van der Waals surface area contributed by atoms with E-state index in [9.17, 15) is 19.7 Å². The molecule has 0 spiro atoms. The molecule has 0 saturated carbocycles. The SMILES string of the molecule is CC1(C)OC(=O)C(=Cc2ccc(-c3cc([N+](=O)[O-])ccc3OCc3ccccc3)o2)C(=O)O1. The van der Waals surface area contributed by atoms with Crippen molar-refractivity contribution in [2.45, 2.75) is 26.2 Å². The molecule has 9 nitrogen and oxygen atoms in total. The summed E-state index contributed by atoms with van der Waals surface area (Å²) in [5.41, 5.74) is 0.800. The minimum atomic E-state index is -1.35. The molecule has 1 aromatic heterocycles. The molecular weight excluding hydrogens is 430 g/mol. The largest absolute Gasteiger partial charge is 0.488 e. The molecule has 1 saturated heterocycles. The molecular formula is C24H19NO8. The summed E-state index contributed by atoms with van der Waals surface area (Å²) < 4.78 is 21.8. The molecule has 0 bridgehead atoms. The minimum absolute atomic E-state index is 0.143. The summed E-state index contributed by atoms with van der Waals surface area (Å²) in [7, 11) is 0. The molecule has 0 unspecified atom stereocenters. The Morgan fingerprint density at radius 3 is 2.36 bits per heavy atom. The van der Waals surface area contributed by atoms with Crippen molar-refractivity contribution in [1.82, 2.24) is 0 Å². The van der Waals surface area contributed by atoms with Crippen LogP contribution in [0.2, 0.25) is 0 Å². The Balaban J connectivity index is 1.65. The van der Waals surface area contributed by atoms with E-state index in [2.05, 4.69) is 0 Å². The number of rotatable bonds is 6. The molecule has 3 aromatic rings. The van der Waals surface area contributed by atoms with Crippen LogP contribution in [-0.4, -0.2) is 22.6 Å². The number of hydrogen-bond donors (Lipinski definition) is 0. The lowest BCUT2D eigenvalue weighted by atomic mass is 10.1. The smallest absolute Gasteiger partial charge is 0.348 e. The Morgan fingerprint density at radius 1 is 1.00 bits per heavy atom. The summed E-state index contributed by atoms with van der Waals surface area (Å²) in [5, 5.41) is 11.3. The van der Waals surface area contributed by atoms with Gasteiger partial charge in [-0.3, -0.25) is 10.1 Å². The van der Waals surface area contributed by atoms with Gasteiger partial charge >= 0.3 is 11.9 Å². The maximum absolute atomic E-state index is 12.2. The number of nitrogens with zero attached hydrogens (tertiary/aromatic N) is 1. The molecule has 0 N–H and O–H groups in total. The molecule has 33 heavy (non-hydrogen) atoms. The fraction of sp³-hybridized carbons (Fsp3) is 0.167. The van der Waals surface area contributed by atoms with E-state index in [0.717, 1.165) is 5.56 Å². The number of non-ortho nitro benzene ring substituents is 1. The zero-order valence-electron chi connectivity index (χ0n) is 17.8. The van der Waals surface area contributed by atoms with Gasteiger partial charge in [0.2, 0.25) is 0 Å². The number of nitro groups is 1. The quantitative estimate of drug-likeness (QED) is 0.175. The first-order chi connectivity index (χ1) is 15.7. The third kappa shape index (κ3) is 4.93. The van der Waals surface area contributed by atoms with Gasteiger partial charge in [0.1, 0.15) is 29.4 Å². The molecule has 9 heteroatoms. The van der Waals surface area contributed by atoms with Crippen molar-refractivity contribution in [3.63, 3.8) is 0 Å². The Bertz CT molecular complexity index is 1230.